The van der Waals surface area contributed by atoms with Gasteiger partial charge in [-0.3, -0.25) is 9.59 Å². The Morgan fingerprint density at radius 3 is 2.69 bits per heavy atom. The molecule has 2 aromatic rings. The molecule has 4 nitrogen and oxygen atoms in total. The molecule has 1 heterocycles. The molecule has 0 saturated heterocycles. The van der Waals surface area contributed by atoms with Crippen LogP contribution in [0, 0.1) is 5.92 Å². The molecule has 1 aromatic carbocycles. The average molecular weight is 395 g/mol. The lowest BCUT2D eigenvalue weighted by Gasteiger charge is -2.09. The Bertz CT molecular complexity index is 757. The van der Waals surface area contributed by atoms with Gasteiger partial charge in [-0.1, -0.05) is 37.3 Å². The van der Waals surface area contributed by atoms with Crippen LogP contribution in [0.4, 0.5) is 0 Å². The Morgan fingerprint density at radius 2 is 1.92 bits per heavy atom. The summed E-state index contributed by atoms with van der Waals surface area (Å²) in [5.41, 5.74) is 0. The van der Waals surface area contributed by atoms with Gasteiger partial charge in [0.2, 0.25) is 4.74 Å². The number of hydrogen-bond acceptors (Lipinski definition) is 6. The quantitative estimate of drug-likeness (QED) is 0.407. The molecule has 0 aliphatic rings. The minimum Gasteiger partial charge on any atom is -0.493 e. The highest BCUT2D eigenvalue weighted by atomic mass is 32.2. The van der Waals surface area contributed by atoms with Gasteiger partial charge in [0.1, 0.15) is 5.75 Å². The number of ether oxygens (including phenoxy) is 2. The van der Waals surface area contributed by atoms with E-state index >= 15 is 0 Å². The SMILES string of the molecule is CCC(C)C(=O)OCCCSCCCOc1cc(=O)sc2ccccc12. The molecule has 0 aliphatic heterocycles. The van der Waals surface area contributed by atoms with Crippen LogP contribution in [0.15, 0.2) is 35.1 Å². The van der Waals surface area contributed by atoms with Crippen molar-refractivity contribution in [3.05, 3.63) is 39.9 Å². The smallest absolute Gasteiger partial charge is 0.308 e. The van der Waals surface area contributed by atoms with Crippen molar-refractivity contribution in [1.29, 1.82) is 0 Å². The van der Waals surface area contributed by atoms with E-state index in [4.69, 9.17) is 9.47 Å². The van der Waals surface area contributed by atoms with Crippen LogP contribution in [-0.4, -0.2) is 30.7 Å². The van der Waals surface area contributed by atoms with Crippen LogP contribution in [-0.2, 0) is 9.53 Å². The highest BCUT2D eigenvalue weighted by molar-refractivity contribution is 7.99. The fourth-order valence-corrected chi connectivity index (χ4v) is 3.95. The van der Waals surface area contributed by atoms with Crippen molar-refractivity contribution in [2.75, 3.05) is 24.7 Å². The van der Waals surface area contributed by atoms with E-state index in [0.29, 0.717) is 19.0 Å². The lowest BCUT2D eigenvalue weighted by molar-refractivity contribution is -0.147. The summed E-state index contributed by atoms with van der Waals surface area (Å²) in [6.45, 7) is 4.97. The molecule has 1 aromatic heterocycles. The molecule has 0 N–H and O–H groups in total. The standard InChI is InChI=1S/C20H26O4S2/c1-3-15(2)20(22)24-11-7-13-25-12-6-10-23-17-14-19(21)26-18-9-5-4-8-16(17)18/h4-5,8-9,14-15H,3,6-7,10-13H2,1-2H3. The highest BCUT2D eigenvalue weighted by Crippen LogP contribution is 2.26. The normalized spacial score (nSPS) is 12.1. The zero-order valence-corrected chi connectivity index (χ0v) is 17.0. The topological polar surface area (TPSA) is 52.6 Å². The molecule has 0 amide bonds. The molecule has 0 radical (unpaired) electrons. The first-order chi connectivity index (χ1) is 12.6. The maximum Gasteiger partial charge on any atom is 0.308 e. The first-order valence-corrected chi connectivity index (χ1v) is 11.0. The Balaban J connectivity index is 1.60. The maximum atomic E-state index is 11.7. The fourth-order valence-electron chi connectivity index (χ4n) is 2.29. The zero-order chi connectivity index (χ0) is 18.8. The van der Waals surface area contributed by atoms with Gasteiger partial charge in [-0.25, -0.2) is 0 Å². The lowest BCUT2D eigenvalue weighted by Crippen LogP contribution is -2.14. The van der Waals surface area contributed by atoms with Crippen LogP contribution in [0.2, 0.25) is 0 Å². The lowest BCUT2D eigenvalue weighted by atomic mass is 10.1. The van der Waals surface area contributed by atoms with E-state index in [1.165, 1.54) is 11.3 Å². The van der Waals surface area contributed by atoms with E-state index in [0.717, 1.165) is 40.9 Å². The predicted octanol–water partition coefficient (Wildman–Crippen LogP) is 4.74. The second-order valence-corrected chi connectivity index (χ2v) is 8.34. The second-order valence-electron chi connectivity index (χ2n) is 6.07. The molecule has 142 valence electrons. The minimum absolute atomic E-state index is 0.00990. The van der Waals surface area contributed by atoms with Crippen molar-refractivity contribution < 1.29 is 14.3 Å². The van der Waals surface area contributed by atoms with Gasteiger partial charge in [0.05, 0.1) is 19.1 Å². The molecule has 1 atom stereocenters. The summed E-state index contributed by atoms with van der Waals surface area (Å²) in [5.74, 6) is 2.51. The minimum atomic E-state index is -0.0975. The number of fused-ring (bicyclic) bond motifs is 1. The molecule has 6 heteroatoms. The van der Waals surface area contributed by atoms with Gasteiger partial charge >= 0.3 is 5.97 Å². The molecule has 2 rings (SSSR count). The van der Waals surface area contributed by atoms with Crippen molar-refractivity contribution >= 4 is 39.2 Å². The summed E-state index contributed by atoms with van der Waals surface area (Å²) >= 11 is 3.07. The van der Waals surface area contributed by atoms with E-state index in [2.05, 4.69) is 0 Å². The van der Waals surface area contributed by atoms with Crippen molar-refractivity contribution in [2.45, 2.75) is 33.1 Å². The Labute approximate surface area is 162 Å². The molecular weight excluding hydrogens is 368 g/mol. The van der Waals surface area contributed by atoms with Gasteiger partial charge in [-0.05, 0) is 42.9 Å². The summed E-state index contributed by atoms with van der Waals surface area (Å²) in [4.78, 5) is 23.3. The number of rotatable bonds is 11. The van der Waals surface area contributed by atoms with Gasteiger partial charge in [0.25, 0.3) is 0 Å². The first-order valence-electron chi connectivity index (χ1n) is 9.02. The number of carbonyl (C=O) groups is 1. The molecular formula is C20H26O4S2. The third-order valence-corrected chi connectivity index (χ3v) is 6.04. The van der Waals surface area contributed by atoms with Gasteiger partial charge in [-0.2, -0.15) is 11.8 Å². The van der Waals surface area contributed by atoms with Gasteiger partial charge < -0.3 is 9.47 Å². The van der Waals surface area contributed by atoms with Gasteiger partial charge in [0.15, 0.2) is 0 Å². The van der Waals surface area contributed by atoms with Gasteiger partial charge in [-0.15, -0.1) is 0 Å². The Kier molecular flexibility index (Phi) is 8.98. The number of thioether (sulfide) groups is 1. The van der Waals surface area contributed by atoms with E-state index in [1.54, 1.807) is 6.07 Å². The predicted molar refractivity (Wildman–Crippen MR) is 111 cm³/mol. The maximum absolute atomic E-state index is 11.7. The number of benzene rings is 1. The first kappa shape index (κ1) is 20.8. The molecule has 0 fully saturated rings. The molecule has 0 saturated carbocycles. The van der Waals surface area contributed by atoms with Crippen molar-refractivity contribution in [1.82, 2.24) is 0 Å². The Morgan fingerprint density at radius 1 is 1.19 bits per heavy atom. The van der Waals surface area contributed by atoms with E-state index in [-0.39, 0.29) is 16.6 Å². The third-order valence-electron chi connectivity index (χ3n) is 3.99. The second kappa shape index (κ2) is 11.2. The summed E-state index contributed by atoms with van der Waals surface area (Å²) < 4.78 is 12.0. The molecule has 26 heavy (non-hydrogen) atoms. The molecule has 0 bridgehead atoms. The molecule has 0 spiro atoms. The zero-order valence-electron chi connectivity index (χ0n) is 15.4. The van der Waals surface area contributed by atoms with Crippen molar-refractivity contribution in [3.8, 4) is 5.75 Å². The van der Waals surface area contributed by atoms with Gasteiger partial charge in [0, 0.05) is 16.2 Å². The Hall–Kier alpha value is -1.53. The van der Waals surface area contributed by atoms with E-state index in [1.807, 2.05) is 49.9 Å². The monoisotopic (exact) mass is 394 g/mol. The van der Waals surface area contributed by atoms with Crippen LogP contribution in [0.3, 0.4) is 0 Å². The van der Waals surface area contributed by atoms with E-state index in [9.17, 15) is 9.59 Å². The molecule has 1 unspecified atom stereocenters. The summed E-state index contributed by atoms with van der Waals surface area (Å²) in [6, 6.07) is 9.38. The number of esters is 1. The number of hydrogen-bond donors (Lipinski definition) is 0. The van der Waals surface area contributed by atoms with Crippen LogP contribution in [0.5, 0.6) is 5.75 Å². The van der Waals surface area contributed by atoms with Crippen molar-refractivity contribution in [2.24, 2.45) is 5.92 Å². The fraction of sp³-hybridized carbons (Fsp3) is 0.500. The summed E-state index contributed by atoms with van der Waals surface area (Å²) in [5, 5.41) is 0.993. The van der Waals surface area contributed by atoms with Crippen LogP contribution < -0.4 is 9.48 Å². The van der Waals surface area contributed by atoms with Crippen LogP contribution in [0.25, 0.3) is 10.1 Å². The third kappa shape index (κ3) is 6.65. The highest BCUT2D eigenvalue weighted by Gasteiger charge is 2.11. The van der Waals surface area contributed by atoms with Crippen molar-refractivity contribution in [3.63, 3.8) is 0 Å². The average Bonchev–Trinajstić information content (AvgIpc) is 2.65. The summed E-state index contributed by atoms with van der Waals surface area (Å²) in [7, 11) is 0. The van der Waals surface area contributed by atoms with Crippen LogP contribution >= 0.6 is 23.1 Å². The van der Waals surface area contributed by atoms with E-state index < -0.39 is 0 Å². The largest absolute Gasteiger partial charge is 0.493 e. The summed E-state index contributed by atoms with van der Waals surface area (Å²) in [6.07, 6.45) is 2.61. The number of carbonyl (C=O) groups excluding carboxylic acids is 1. The molecule has 0 aliphatic carbocycles. The van der Waals surface area contributed by atoms with Crippen LogP contribution in [0.1, 0.15) is 33.1 Å².